The largest absolute Gasteiger partial charge is 0.478 e. The van der Waals surface area contributed by atoms with Crippen molar-refractivity contribution in [2.75, 3.05) is 0 Å². The first-order valence-corrected chi connectivity index (χ1v) is 10.0. The number of carboxylic acids is 1. The molecule has 0 aromatic carbocycles. The Labute approximate surface area is 124 Å². The second-order valence-electron chi connectivity index (χ2n) is 7.11. The van der Waals surface area contributed by atoms with Crippen LogP contribution in [0.15, 0.2) is 23.3 Å². The minimum absolute atomic E-state index is 0.157. The molecule has 1 N–H and O–H groups in total. The van der Waals surface area contributed by atoms with Crippen molar-refractivity contribution in [3.8, 4) is 0 Å². The Hall–Kier alpha value is -0.873. The quantitative estimate of drug-likeness (QED) is 0.437. The number of allylic oxidation sites excluding steroid dienone is 2. The zero-order valence-electron chi connectivity index (χ0n) is 14.2. The van der Waals surface area contributed by atoms with Gasteiger partial charge in [0.2, 0.25) is 0 Å². The van der Waals surface area contributed by atoms with Crippen molar-refractivity contribution in [3.05, 3.63) is 23.3 Å². The monoisotopic (exact) mass is 298 g/mol. The maximum absolute atomic E-state index is 10.6. The maximum Gasteiger partial charge on any atom is 0.328 e. The summed E-state index contributed by atoms with van der Waals surface area (Å²) < 4.78 is 6.30. The van der Waals surface area contributed by atoms with Gasteiger partial charge < -0.3 is 9.53 Å². The highest BCUT2D eigenvalue weighted by molar-refractivity contribution is 6.74. The van der Waals surface area contributed by atoms with E-state index in [4.69, 9.17) is 9.53 Å². The fourth-order valence-electron chi connectivity index (χ4n) is 1.86. The van der Waals surface area contributed by atoms with Crippen LogP contribution in [0.1, 0.15) is 48.0 Å². The summed E-state index contributed by atoms with van der Waals surface area (Å²) in [7, 11) is -1.74. The zero-order valence-corrected chi connectivity index (χ0v) is 15.2. The van der Waals surface area contributed by atoms with Crippen LogP contribution in [0.4, 0.5) is 0 Å². The molecular weight excluding hydrogens is 268 g/mol. The van der Waals surface area contributed by atoms with Crippen LogP contribution in [0.25, 0.3) is 0 Å². The molecule has 0 aliphatic carbocycles. The molecular formula is C16H30O3Si. The Morgan fingerprint density at radius 1 is 1.25 bits per heavy atom. The van der Waals surface area contributed by atoms with E-state index < -0.39 is 14.3 Å². The van der Waals surface area contributed by atoms with Crippen LogP contribution in [-0.2, 0) is 9.22 Å². The molecule has 0 aliphatic rings. The molecule has 0 rings (SSSR count). The van der Waals surface area contributed by atoms with Gasteiger partial charge in [0.25, 0.3) is 0 Å². The van der Waals surface area contributed by atoms with Crippen LogP contribution < -0.4 is 0 Å². The van der Waals surface area contributed by atoms with E-state index in [1.54, 1.807) is 6.92 Å². The van der Waals surface area contributed by atoms with Gasteiger partial charge >= 0.3 is 5.97 Å². The van der Waals surface area contributed by atoms with Gasteiger partial charge in [-0.05, 0) is 50.9 Å². The van der Waals surface area contributed by atoms with E-state index in [0.717, 1.165) is 17.6 Å². The van der Waals surface area contributed by atoms with Crippen molar-refractivity contribution in [1.29, 1.82) is 0 Å². The third kappa shape index (κ3) is 7.06. The lowest BCUT2D eigenvalue weighted by molar-refractivity contribution is -0.131. The number of hydrogen-bond donors (Lipinski definition) is 1. The third-order valence-electron chi connectivity index (χ3n) is 3.74. The van der Waals surface area contributed by atoms with Gasteiger partial charge in [-0.1, -0.05) is 32.4 Å². The van der Waals surface area contributed by atoms with E-state index in [0.29, 0.717) is 0 Å². The molecule has 116 valence electrons. The van der Waals surface area contributed by atoms with Crippen LogP contribution >= 0.6 is 0 Å². The summed E-state index contributed by atoms with van der Waals surface area (Å²) in [5, 5.41) is 8.90. The van der Waals surface area contributed by atoms with Crippen molar-refractivity contribution in [2.24, 2.45) is 0 Å². The highest BCUT2D eigenvalue weighted by Crippen LogP contribution is 2.37. The smallest absolute Gasteiger partial charge is 0.328 e. The van der Waals surface area contributed by atoms with Crippen LogP contribution in [0.3, 0.4) is 0 Å². The molecule has 0 amide bonds. The topological polar surface area (TPSA) is 46.5 Å². The summed E-state index contributed by atoms with van der Waals surface area (Å²) in [6, 6.07) is 0. The van der Waals surface area contributed by atoms with Gasteiger partial charge in [-0.3, -0.25) is 0 Å². The summed E-state index contributed by atoms with van der Waals surface area (Å²) in [5.74, 6) is -0.905. The van der Waals surface area contributed by atoms with Gasteiger partial charge in [0.05, 0.1) is 0 Å². The number of rotatable bonds is 6. The van der Waals surface area contributed by atoms with E-state index in [1.807, 2.05) is 13.0 Å². The van der Waals surface area contributed by atoms with Crippen LogP contribution in [0, 0.1) is 0 Å². The van der Waals surface area contributed by atoms with Crippen molar-refractivity contribution in [2.45, 2.75) is 72.2 Å². The minimum atomic E-state index is -1.74. The molecule has 0 aromatic heterocycles. The second kappa shape index (κ2) is 7.23. The fourth-order valence-corrected chi connectivity index (χ4v) is 3.30. The zero-order chi connectivity index (χ0) is 16.1. The molecule has 0 bridgehead atoms. The predicted octanol–water partition coefficient (Wildman–Crippen LogP) is 4.76. The van der Waals surface area contributed by atoms with Gasteiger partial charge in [0.1, 0.15) is 0 Å². The van der Waals surface area contributed by atoms with Gasteiger partial charge in [0, 0.05) is 12.2 Å². The lowest BCUT2D eigenvalue weighted by Gasteiger charge is -2.38. The molecule has 0 saturated heterocycles. The predicted molar refractivity (Wildman–Crippen MR) is 87.5 cm³/mol. The summed E-state index contributed by atoms with van der Waals surface area (Å²) in [4.78, 5) is 10.6. The molecule has 0 aliphatic heterocycles. The van der Waals surface area contributed by atoms with E-state index in [9.17, 15) is 4.79 Å². The van der Waals surface area contributed by atoms with E-state index >= 15 is 0 Å². The molecule has 0 radical (unpaired) electrons. The summed E-state index contributed by atoms with van der Waals surface area (Å²) >= 11 is 0. The maximum atomic E-state index is 10.6. The minimum Gasteiger partial charge on any atom is -0.478 e. The van der Waals surface area contributed by atoms with Crippen molar-refractivity contribution >= 4 is 14.3 Å². The molecule has 20 heavy (non-hydrogen) atoms. The SMILES string of the molecule is CC(=C/C(=O)O)/C=C(\C)C[C@H](C)O[Si](C)(C)C(C)(C)C. The molecule has 0 unspecified atom stereocenters. The third-order valence-corrected chi connectivity index (χ3v) is 8.34. The standard InChI is InChI=1S/C16H30O3Si/c1-12(9-13(2)11-15(17)18)10-14(3)19-20(7,8)16(4,5)6/h9,11,14H,10H2,1-8H3,(H,17,18)/b12-9+,13-11-/t14-/m0/s1. The van der Waals surface area contributed by atoms with Gasteiger partial charge in [-0.2, -0.15) is 0 Å². The number of carboxylic acid groups (broad SMARTS) is 1. The molecule has 1 atom stereocenters. The van der Waals surface area contributed by atoms with Gasteiger partial charge in [-0.15, -0.1) is 0 Å². The number of hydrogen-bond acceptors (Lipinski definition) is 2. The van der Waals surface area contributed by atoms with E-state index in [2.05, 4.69) is 40.8 Å². The highest BCUT2D eigenvalue weighted by atomic mass is 28.4. The van der Waals surface area contributed by atoms with Crippen molar-refractivity contribution in [3.63, 3.8) is 0 Å². The molecule has 0 aromatic rings. The normalized spacial score (nSPS) is 16.2. The molecule has 3 nitrogen and oxygen atoms in total. The van der Waals surface area contributed by atoms with Crippen molar-refractivity contribution < 1.29 is 14.3 Å². The van der Waals surface area contributed by atoms with Gasteiger partial charge in [-0.25, -0.2) is 4.79 Å². The lowest BCUT2D eigenvalue weighted by Crippen LogP contribution is -2.43. The number of carbonyl (C=O) groups is 1. The molecule has 0 heterocycles. The summed E-state index contributed by atoms with van der Waals surface area (Å²) in [6.45, 7) is 17.1. The molecule has 4 heteroatoms. The Balaban J connectivity index is 4.67. The van der Waals surface area contributed by atoms with Crippen LogP contribution in [-0.4, -0.2) is 25.5 Å². The van der Waals surface area contributed by atoms with E-state index in [1.165, 1.54) is 6.08 Å². The Morgan fingerprint density at radius 3 is 2.15 bits per heavy atom. The number of aliphatic carboxylic acids is 1. The van der Waals surface area contributed by atoms with Gasteiger partial charge in [0.15, 0.2) is 8.32 Å². The first-order chi connectivity index (χ1) is 8.85. The molecule has 0 fully saturated rings. The fraction of sp³-hybridized carbons (Fsp3) is 0.688. The first kappa shape index (κ1) is 19.1. The second-order valence-corrected chi connectivity index (χ2v) is 11.9. The average molecular weight is 298 g/mol. The van der Waals surface area contributed by atoms with Crippen molar-refractivity contribution in [1.82, 2.24) is 0 Å². The van der Waals surface area contributed by atoms with Crippen LogP contribution in [0.5, 0.6) is 0 Å². The van der Waals surface area contributed by atoms with Crippen LogP contribution in [0.2, 0.25) is 18.1 Å². The Morgan fingerprint density at radius 2 is 1.75 bits per heavy atom. The average Bonchev–Trinajstić information content (AvgIpc) is 2.11. The molecule has 0 saturated carbocycles. The Bertz CT molecular complexity index is 400. The molecule has 0 spiro atoms. The first-order valence-electron chi connectivity index (χ1n) is 7.11. The summed E-state index contributed by atoms with van der Waals surface area (Å²) in [6.07, 6.45) is 4.13. The summed E-state index contributed by atoms with van der Waals surface area (Å²) in [5.41, 5.74) is 1.90. The van der Waals surface area contributed by atoms with E-state index in [-0.39, 0.29) is 11.1 Å². The Kier molecular flexibility index (Phi) is 6.91. The highest BCUT2D eigenvalue weighted by Gasteiger charge is 2.38. The lowest BCUT2D eigenvalue weighted by atomic mass is 10.1.